The van der Waals surface area contributed by atoms with E-state index in [1.54, 1.807) is 12.1 Å². The van der Waals surface area contributed by atoms with Crippen LogP contribution in [0.1, 0.15) is 21.5 Å². The maximum Gasteiger partial charge on any atom is 0.339 e. The number of carbonyl (C=O) groups is 4. The minimum Gasteiger partial charge on any atom is -0.496 e. The van der Waals surface area contributed by atoms with E-state index >= 15 is 0 Å². The van der Waals surface area contributed by atoms with E-state index in [2.05, 4.69) is 5.32 Å². The van der Waals surface area contributed by atoms with Gasteiger partial charge in [0.05, 0.1) is 12.8 Å². The predicted molar refractivity (Wildman–Crippen MR) is 126 cm³/mol. The van der Waals surface area contributed by atoms with E-state index in [0.717, 1.165) is 10.5 Å². The van der Waals surface area contributed by atoms with Gasteiger partial charge in [0.1, 0.15) is 29.2 Å². The fraction of sp³-hybridized carbons (Fsp3) is 0.0769. The monoisotopic (exact) mass is 472 g/mol. The number of barbiturate groups is 1. The summed E-state index contributed by atoms with van der Waals surface area (Å²) in [6.45, 7) is 0.352. The first-order chi connectivity index (χ1) is 16.9. The molecule has 35 heavy (non-hydrogen) atoms. The standard InChI is InChI=1S/C26H20N2O7/c1-34-22-12-7-17(13-20(22)25(31)32)14-21-23(29)27-26(33)28(24(21)30)18-8-10-19(11-9-18)35-15-16-5-3-2-4-6-16/h2-14H,15H2,1H3,(H,31,32)(H,27,29,33)/b21-14-. The highest BCUT2D eigenvalue weighted by atomic mass is 16.5. The molecule has 9 nitrogen and oxygen atoms in total. The largest absolute Gasteiger partial charge is 0.496 e. The van der Waals surface area contributed by atoms with Crippen LogP contribution in [0.3, 0.4) is 0 Å². The van der Waals surface area contributed by atoms with Crippen LogP contribution in [0.4, 0.5) is 10.5 Å². The number of carbonyl (C=O) groups excluding carboxylic acids is 3. The third-order valence-electron chi connectivity index (χ3n) is 5.21. The molecule has 0 saturated carbocycles. The van der Waals surface area contributed by atoms with Gasteiger partial charge >= 0.3 is 12.0 Å². The summed E-state index contributed by atoms with van der Waals surface area (Å²) in [4.78, 5) is 50.3. The van der Waals surface area contributed by atoms with Crippen molar-refractivity contribution in [3.63, 3.8) is 0 Å². The molecule has 9 heteroatoms. The number of nitrogens with zero attached hydrogens (tertiary/aromatic N) is 1. The van der Waals surface area contributed by atoms with E-state index in [4.69, 9.17) is 9.47 Å². The second kappa shape index (κ2) is 9.92. The molecule has 1 heterocycles. The average Bonchev–Trinajstić information content (AvgIpc) is 2.86. The summed E-state index contributed by atoms with van der Waals surface area (Å²) in [5.41, 5.74) is 1.04. The summed E-state index contributed by atoms with van der Waals surface area (Å²) < 4.78 is 10.8. The van der Waals surface area contributed by atoms with Crippen molar-refractivity contribution < 1.29 is 33.8 Å². The Bertz CT molecular complexity index is 1330. The molecular formula is C26H20N2O7. The van der Waals surface area contributed by atoms with Gasteiger partial charge in [-0.05, 0) is 53.6 Å². The summed E-state index contributed by atoms with van der Waals surface area (Å²) in [5, 5.41) is 11.5. The van der Waals surface area contributed by atoms with Gasteiger partial charge in [-0.3, -0.25) is 14.9 Å². The summed E-state index contributed by atoms with van der Waals surface area (Å²) in [6.07, 6.45) is 1.22. The van der Waals surface area contributed by atoms with Crippen LogP contribution in [0.5, 0.6) is 11.5 Å². The van der Waals surface area contributed by atoms with E-state index < -0.39 is 23.8 Å². The number of hydrogen-bond donors (Lipinski definition) is 2. The molecular weight excluding hydrogens is 452 g/mol. The minimum atomic E-state index is -1.23. The van der Waals surface area contributed by atoms with Gasteiger partial charge in [0, 0.05) is 0 Å². The Morgan fingerprint density at radius 1 is 1.00 bits per heavy atom. The lowest BCUT2D eigenvalue weighted by molar-refractivity contribution is -0.122. The number of carboxylic acid groups (broad SMARTS) is 1. The van der Waals surface area contributed by atoms with E-state index in [1.165, 1.54) is 43.5 Å². The fourth-order valence-corrected chi connectivity index (χ4v) is 3.47. The quantitative estimate of drug-likeness (QED) is 0.398. The normalized spacial score (nSPS) is 14.6. The van der Waals surface area contributed by atoms with Gasteiger partial charge in [0.2, 0.25) is 0 Å². The molecule has 0 spiro atoms. The summed E-state index contributed by atoms with van der Waals surface area (Å²) in [7, 11) is 1.33. The molecule has 2 N–H and O–H groups in total. The van der Waals surface area contributed by atoms with Crippen LogP contribution in [0.15, 0.2) is 78.4 Å². The van der Waals surface area contributed by atoms with E-state index in [9.17, 15) is 24.3 Å². The number of carboxylic acids is 1. The highest BCUT2D eigenvalue weighted by Gasteiger charge is 2.36. The topological polar surface area (TPSA) is 122 Å². The van der Waals surface area contributed by atoms with Crippen LogP contribution < -0.4 is 19.7 Å². The lowest BCUT2D eigenvalue weighted by atomic mass is 10.0. The van der Waals surface area contributed by atoms with Gasteiger partial charge in [0.15, 0.2) is 0 Å². The molecule has 176 valence electrons. The third-order valence-corrected chi connectivity index (χ3v) is 5.21. The maximum absolute atomic E-state index is 13.1. The number of benzene rings is 3. The number of hydrogen-bond acceptors (Lipinski definition) is 6. The predicted octanol–water partition coefficient (Wildman–Crippen LogP) is 3.64. The first-order valence-corrected chi connectivity index (χ1v) is 10.5. The molecule has 1 saturated heterocycles. The molecule has 0 unspecified atom stereocenters. The molecule has 4 amide bonds. The zero-order chi connectivity index (χ0) is 24.9. The minimum absolute atomic E-state index is 0.130. The number of urea groups is 1. The molecule has 0 aliphatic carbocycles. The van der Waals surface area contributed by atoms with Crippen molar-refractivity contribution in [1.29, 1.82) is 0 Å². The molecule has 0 bridgehead atoms. The SMILES string of the molecule is COc1ccc(/C=C2/C(=O)NC(=O)N(c3ccc(OCc4ccccc4)cc3)C2=O)cc1C(=O)O. The van der Waals surface area contributed by atoms with Crippen molar-refractivity contribution in [2.24, 2.45) is 0 Å². The summed E-state index contributed by atoms with van der Waals surface area (Å²) in [5.74, 6) is -2.29. The molecule has 3 aromatic rings. The number of nitrogens with one attached hydrogen (secondary N) is 1. The van der Waals surface area contributed by atoms with E-state index in [0.29, 0.717) is 12.4 Å². The molecule has 0 aromatic heterocycles. The van der Waals surface area contributed by atoms with Crippen molar-refractivity contribution in [2.75, 3.05) is 12.0 Å². The van der Waals surface area contributed by atoms with Crippen LogP contribution in [0.2, 0.25) is 0 Å². The van der Waals surface area contributed by atoms with Crippen molar-refractivity contribution in [2.45, 2.75) is 6.61 Å². The second-order valence-corrected chi connectivity index (χ2v) is 7.49. The molecule has 0 radical (unpaired) electrons. The number of imide groups is 2. The van der Waals surface area contributed by atoms with Gasteiger partial charge in [-0.2, -0.15) is 0 Å². The molecule has 4 rings (SSSR count). The van der Waals surface area contributed by atoms with Crippen LogP contribution in [0, 0.1) is 0 Å². The van der Waals surface area contributed by atoms with Gasteiger partial charge in [-0.25, -0.2) is 14.5 Å². The van der Waals surface area contributed by atoms with Crippen LogP contribution >= 0.6 is 0 Å². The first-order valence-electron chi connectivity index (χ1n) is 10.5. The Morgan fingerprint density at radius 2 is 1.71 bits per heavy atom. The highest BCUT2D eigenvalue weighted by molar-refractivity contribution is 6.39. The Hall–Kier alpha value is -4.92. The molecule has 0 atom stereocenters. The average molecular weight is 472 g/mol. The number of ether oxygens (including phenoxy) is 2. The molecule has 1 aliphatic heterocycles. The maximum atomic E-state index is 13.1. The lowest BCUT2D eigenvalue weighted by Gasteiger charge is -2.26. The van der Waals surface area contributed by atoms with Gasteiger partial charge in [-0.1, -0.05) is 36.4 Å². The fourth-order valence-electron chi connectivity index (χ4n) is 3.47. The van der Waals surface area contributed by atoms with Crippen LogP contribution in [-0.2, 0) is 16.2 Å². The van der Waals surface area contributed by atoms with Gasteiger partial charge in [0.25, 0.3) is 11.8 Å². The smallest absolute Gasteiger partial charge is 0.339 e. The number of methoxy groups -OCH3 is 1. The lowest BCUT2D eigenvalue weighted by Crippen LogP contribution is -2.54. The summed E-state index contributed by atoms with van der Waals surface area (Å²) in [6, 6.07) is 19.2. The van der Waals surface area contributed by atoms with E-state index in [-0.39, 0.29) is 28.1 Å². The summed E-state index contributed by atoms with van der Waals surface area (Å²) >= 11 is 0. The molecule has 3 aromatic carbocycles. The first kappa shape index (κ1) is 23.2. The Balaban J connectivity index is 1.57. The zero-order valence-corrected chi connectivity index (χ0v) is 18.6. The zero-order valence-electron chi connectivity index (χ0n) is 18.6. The van der Waals surface area contributed by atoms with Gasteiger partial charge in [-0.15, -0.1) is 0 Å². The number of amides is 4. The number of rotatable bonds is 7. The van der Waals surface area contributed by atoms with Crippen molar-refractivity contribution >= 4 is 35.6 Å². The van der Waals surface area contributed by atoms with E-state index in [1.807, 2.05) is 30.3 Å². The Labute approximate surface area is 200 Å². The Kier molecular flexibility index (Phi) is 6.59. The van der Waals surface area contributed by atoms with Crippen molar-refractivity contribution in [1.82, 2.24) is 5.32 Å². The molecule has 1 aliphatic rings. The van der Waals surface area contributed by atoms with Crippen molar-refractivity contribution in [3.8, 4) is 11.5 Å². The van der Waals surface area contributed by atoms with Gasteiger partial charge < -0.3 is 14.6 Å². The number of aromatic carboxylic acids is 1. The second-order valence-electron chi connectivity index (χ2n) is 7.49. The third kappa shape index (κ3) is 5.03. The number of anilines is 1. The Morgan fingerprint density at radius 3 is 2.37 bits per heavy atom. The van der Waals surface area contributed by atoms with Crippen molar-refractivity contribution in [3.05, 3.63) is 95.1 Å². The molecule has 1 fully saturated rings. The van der Waals surface area contributed by atoms with Crippen LogP contribution in [0.25, 0.3) is 6.08 Å². The van der Waals surface area contributed by atoms with Crippen LogP contribution in [-0.4, -0.2) is 36.0 Å². The highest BCUT2D eigenvalue weighted by Crippen LogP contribution is 2.26.